The highest BCUT2D eigenvalue weighted by molar-refractivity contribution is 6.32. The Hall–Kier alpha value is -3.12. The van der Waals surface area contributed by atoms with Crippen LogP contribution in [0.5, 0.6) is 11.5 Å². The highest BCUT2D eigenvalue weighted by Crippen LogP contribution is 2.35. The zero-order valence-electron chi connectivity index (χ0n) is 15.4. The first-order chi connectivity index (χ1) is 14.4. The van der Waals surface area contributed by atoms with Crippen molar-refractivity contribution in [2.75, 3.05) is 6.61 Å². The van der Waals surface area contributed by atoms with E-state index in [1.165, 1.54) is 36.5 Å². The van der Waals surface area contributed by atoms with E-state index < -0.39 is 11.7 Å². The fraction of sp³-hybridized carbons (Fsp3) is 0.150. The fourth-order valence-electron chi connectivity index (χ4n) is 2.59. The molecule has 0 unspecified atom stereocenters. The Morgan fingerprint density at radius 1 is 1.33 bits per heavy atom. The molecule has 0 saturated heterocycles. The van der Waals surface area contributed by atoms with E-state index in [2.05, 4.69) is 15.3 Å². The zero-order chi connectivity index (χ0) is 21.7. The molecule has 0 spiro atoms. The van der Waals surface area contributed by atoms with Crippen LogP contribution in [-0.4, -0.2) is 27.6 Å². The van der Waals surface area contributed by atoms with Crippen molar-refractivity contribution >= 4 is 29.1 Å². The SMILES string of the molecule is N#Cc1cc(Cl)cc(Oc2c(Cl)ccc(CNC(=O)c3ncc(CCO)[nH]3)c2F)c1. The van der Waals surface area contributed by atoms with Crippen molar-refractivity contribution in [1.82, 2.24) is 15.3 Å². The number of rotatable bonds is 7. The van der Waals surface area contributed by atoms with Gasteiger partial charge in [0.1, 0.15) is 5.75 Å². The number of amides is 1. The van der Waals surface area contributed by atoms with Gasteiger partial charge in [-0.15, -0.1) is 0 Å². The van der Waals surface area contributed by atoms with Gasteiger partial charge >= 0.3 is 0 Å². The number of hydrogen-bond donors (Lipinski definition) is 3. The molecule has 0 aliphatic heterocycles. The van der Waals surface area contributed by atoms with Gasteiger partial charge in [-0.05, 0) is 24.3 Å². The molecule has 0 fully saturated rings. The summed E-state index contributed by atoms with van der Waals surface area (Å²) in [5.41, 5.74) is 0.984. The summed E-state index contributed by atoms with van der Waals surface area (Å²) in [5, 5.41) is 20.8. The van der Waals surface area contributed by atoms with Crippen LogP contribution in [0.3, 0.4) is 0 Å². The number of imidazole rings is 1. The number of hydrogen-bond acceptors (Lipinski definition) is 5. The van der Waals surface area contributed by atoms with E-state index in [4.69, 9.17) is 38.3 Å². The third-order valence-corrected chi connectivity index (χ3v) is 4.53. The molecule has 30 heavy (non-hydrogen) atoms. The average Bonchev–Trinajstić information content (AvgIpc) is 3.19. The van der Waals surface area contributed by atoms with Crippen LogP contribution in [0, 0.1) is 17.1 Å². The Kier molecular flexibility index (Phi) is 6.90. The first-order valence-corrected chi connectivity index (χ1v) is 9.45. The minimum absolute atomic E-state index is 0.0146. The first-order valence-electron chi connectivity index (χ1n) is 8.69. The number of carbonyl (C=O) groups excluding carboxylic acids is 1. The number of halogens is 3. The van der Waals surface area contributed by atoms with Crippen LogP contribution in [-0.2, 0) is 13.0 Å². The van der Waals surface area contributed by atoms with Gasteiger partial charge < -0.3 is 20.1 Å². The van der Waals surface area contributed by atoms with Gasteiger partial charge in [0, 0.05) is 42.0 Å². The van der Waals surface area contributed by atoms with Gasteiger partial charge in [-0.25, -0.2) is 9.37 Å². The summed E-state index contributed by atoms with van der Waals surface area (Å²) in [6, 6.07) is 9.05. The number of aliphatic hydroxyl groups is 1. The van der Waals surface area contributed by atoms with Gasteiger partial charge in [0.05, 0.1) is 16.7 Å². The third kappa shape index (κ3) is 5.07. The van der Waals surface area contributed by atoms with Crippen molar-refractivity contribution in [3.8, 4) is 17.6 Å². The average molecular weight is 449 g/mol. The smallest absolute Gasteiger partial charge is 0.287 e. The lowest BCUT2D eigenvalue weighted by atomic mass is 10.2. The van der Waals surface area contributed by atoms with Crippen molar-refractivity contribution < 1.29 is 19.0 Å². The Labute approximate surface area is 181 Å². The van der Waals surface area contributed by atoms with E-state index in [1.807, 2.05) is 6.07 Å². The van der Waals surface area contributed by atoms with Gasteiger partial charge in [-0.1, -0.05) is 29.3 Å². The maximum Gasteiger partial charge on any atom is 0.287 e. The minimum Gasteiger partial charge on any atom is -0.453 e. The molecule has 0 aliphatic rings. The van der Waals surface area contributed by atoms with Gasteiger partial charge in [-0.2, -0.15) is 5.26 Å². The van der Waals surface area contributed by atoms with Crippen LogP contribution in [0.15, 0.2) is 36.5 Å². The maximum atomic E-state index is 14.9. The second kappa shape index (κ2) is 9.59. The number of aromatic amines is 1. The molecule has 3 rings (SSSR count). The number of nitrogens with zero attached hydrogens (tertiary/aromatic N) is 2. The number of carbonyl (C=O) groups is 1. The van der Waals surface area contributed by atoms with Gasteiger partial charge in [0.25, 0.3) is 5.91 Å². The van der Waals surface area contributed by atoms with Gasteiger partial charge in [-0.3, -0.25) is 4.79 Å². The number of ether oxygens (including phenoxy) is 1. The highest BCUT2D eigenvalue weighted by Gasteiger charge is 2.17. The molecule has 3 aromatic rings. The molecule has 0 radical (unpaired) electrons. The molecule has 2 aromatic carbocycles. The monoisotopic (exact) mass is 448 g/mol. The number of benzene rings is 2. The van der Waals surface area contributed by atoms with Crippen molar-refractivity contribution in [2.24, 2.45) is 0 Å². The molecule has 1 amide bonds. The van der Waals surface area contributed by atoms with E-state index in [9.17, 15) is 9.18 Å². The molecule has 0 bridgehead atoms. The van der Waals surface area contributed by atoms with Crippen molar-refractivity contribution in [2.45, 2.75) is 13.0 Å². The fourth-order valence-corrected chi connectivity index (χ4v) is 3.00. The molecule has 0 aliphatic carbocycles. The number of H-pyrrole nitrogens is 1. The Morgan fingerprint density at radius 3 is 2.87 bits per heavy atom. The summed E-state index contributed by atoms with van der Waals surface area (Å²) < 4.78 is 20.5. The van der Waals surface area contributed by atoms with E-state index in [-0.39, 0.29) is 51.6 Å². The Bertz CT molecular complexity index is 1130. The second-order valence-electron chi connectivity index (χ2n) is 6.15. The second-order valence-corrected chi connectivity index (χ2v) is 7.00. The Morgan fingerprint density at radius 2 is 2.13 bits per heavy atom. The largest absolute Gasteiger partial charge is 0.453 e. The number of aromatic nitrogens is 2. The van der Waals surface area contributed by atoms with Crippen LogP contribution >= 0.6 is 23.2 Å². The molecule has 1 heterocycles. The molecule has 0 atom stereocenters. The van der Waals surface area contributed by atoms with Crippen molar-refractivity contribution in [3.63, 3.8) is 0 Å². The van der Waals surface area contributed by atoms with Crippen LogP contribution in [0.25, 0.3) is 0 Å². The molecule has 3 N–H and O–H groups in total. The minimum atomic E-state index is -0.762. The Balaban J connectivity index is 1.76. The van der Waals surface area contributed by atoms with Gasteiger partial charge in [0.2, 0.25) is 0 Å². The zero-order valence-corrected chi connectivity index (χ0v) is 16.9. The number of aliphatic hydroxyl groups excluding tert-OH is 1. The summed E-state index contributed by atoms with van der Waals surface area (Å²) in [4.78, 5) is 18.9. The highest BCUT2D eigenvalue weighted by atomic mass is 35.5. The molecule has 0 saturated carbocycles. The molecular formula is C20H15Cl2FN4O3. The van der Waals surface area contributed by atoms with Gasteiger partial charge in [0.15, 0.2) is 17.4 Å². The predicted molar refractivity (Wildman–Crippen MR) is 108 cm³/mol. The quantitative estimate of drug-likeness (QED) is 0.505. The van der Waals surface area contributed by atoms with E-state index in [0.29, 0.717) is 12.1 Å². The standard InChI is InChI=1S/C20H15Cl2FN4O3/c21-13-5-11(8-24)6-15(7-13)30-18-16(22)2-1-12(17(18)23)9-26-20(29)19-25-10-14(27-19)3-4-28/h1-2,5-7,10,28H,3-4,9H2,(H,25,27)(H,26,29). The third-order valence-electron chi connectivity index (χ3n) is 4.01. The van der Waals surface area contributed by atoms with Crippen LogP contribution in [0.2, 0.25) is 10.0 Å². The molecule has 7 nitrogen and oxygen atoms in total. The van der Waals surface area contributed by atoms with Crippen LogP contribution < -0.4 is 10.1 Å². The molecule has 154 valence electrons. The van der Waals surface area contributed by atoms with E-state index in [0.717, 1.165) is 0 Å². The summed E-state index contributed by atoms with van der Waals surface area (Å²) in [7, 11) is 0. The first kappa shape index (κ1) is 21.6. The van der Waals surface area contributed by atoms with E-state index in [1.54, 1.807) is 0 Å². The summed E-state index contributed by atoms with van der Waals surface area (Å²) >= 11 is 12.0. The summed E-state index contributed by atoms with van der Waals surface area (Å²) in [5.74, 6) is -1.36. The normalized spacial score (nSPS) is 10.5. The lowest BCUT2D eigenvalue weighted by molar-refractivity contribution is 0.0941. The van der Waals surface area contributed by atoms with Crippen LogP contribution in [0.1, 0.15) is 27.4 Å². The number of nitrogens with one attached hydrogen (secondary N) is 2. The molecular weight excluding hydrogens is 434 g/mol. The lowest BCUT2D eigenvalue weighted by Gasteiger charge is -2.13. The molecule has 10 heteroatoms. The van der Waals surface area contributed by atoms with Crippen LogP contribution in [0.4, 0.5) is 4.39 Å². The van der Waals surface area contributed by atoms with E-state index >= 15 is 0 Å². The van der Waals surface area contributed by atoms with Crippen molar-refractivity contribution in [3.05, 3.63) is 75.0 Å². The lowest BCUT2D eigenvalue weighted by Crippen LogP contribution is -2.24. The van der Waals surface area contributed by atoms with Crippen molar-refractivity contribution in [1.29, 1.82) is 5.26 Å². The topological polar surface area (TPSA) is 111 Å². The maximum absolute atomic E-state index is 14.9. The molecule has 1 aromatic heterocycles. The predicted octanol–water partition coefficient (Wildman–Crippen LogP) is 3.98. The number of nitriles is 1. The summed E-state index contributed by atoms with van der Waals surface area (Å²) in [6.07, 6.45) is 1.78. The summed E-state index contributed by atoms with van der Waals surface area (Å²) in [6.45, 7) is -0.224.